The van der Waals surface area contributed by atoms with Crippen LogP contribution in [0.5, 0.6) is 5.75 Å². The number of nitrogens with one attached hydrogen (secondary N) is 1. The van der Waals surface area contributed by atoms with Gasteiger partial charge >= 0.3 is 0 Å². The molecule has 1 N–H and O–H groups in total. The van der Waals surface area contributed by atoms with Gasteiger partial charge in [-0.2, -0.15) is 4.31 Å². The smallest absolute Gasteiger partial charge is 0.262 e. The number of carbonyl (C=O) groups excluding carboxylic acids is 2. The van der Waals surface area contributed by atoms with E-state index in [-0.39, 0.29) is 23.2 Å². The number of hydrogen-bond donors (Lipinski definition) is 1. The van der Waals surface area contributed by atoms with Gasteiger partial charge in [0.1, 0.15) is 5.75 Å². The molecule has 28 heavy (non-hydrogen) atoms. The lowest BCUT2D eigenvalue weighted by molar-refractivity contribution is -0.118. The molecule has 0 saturated carbocycles. The number of amides is 1. The van der Waals surface area contributed by atoms with Crippen molar-refractivity contribution in [1.29, 1.82) is 0 Å². The summed E-state index contributed by atoms with van der Waals surface area (Å²) < 4.78 is 31.7. The predicted molar refractivity (Wildman–Crippen MR) is 107 cm³/mol. The maximum absolute atomic E-state index is 12.4. The number of Topliss-reactive ketones (excluding diaryl/α,β-unsaturated/α-hetero) is 1. The highest BCUT2D eigenvalue weighted by molar-refractivity contribution is 7.89. The number of benzene rings is 2. The van der Waals surface area contributed by atoms with Gasteiger partial charge in [-0.3, -0.25) is 9.59 Å². The van der Waals surface area contributed by atoms with E-state index < -0.39 is 10.0 Å². The Morgan fingerprint density at radius 3 is 2.25 bits per heavy atom. The minimum Gasteiger partial charge on any atom is -0.484 e. The summed E-state index contributed by atoms with van der Waals surface area (Å²) in [5.74, 6) is -0.0984. The highest BCUT2D eigenvalue weighted by Crippen LogP contribution is 2.19. The van der Waals surface area contributed by atoms with Crippen molar-refractivity contribution >= 4 is 27.4 Å². The third kappa shape index (κ3) is 5.40. The average Bonchev–Trinajstić information content (AvgIpc) is 2.67. The summed E-state index contributed by atoms with van der Waals surface area (Å²) in [5, 5.41) is 2.65. The van der Waals surface area contributed by atoms with Gasteiger partial charge in [0.05, 0.1) is 4.90 Å². The van der Waals surface area contributed by atoms with Gasteiger partial charge < -0.3 is 10.1 Å². The van der Waals surface area contributed by atoms with Crippen molar-refractivity contribution in [1.82, 2.24) is 4.31 Å². The summed E-state index contributed by atoms with van der Waals surface area (Å²) in [7, 11) is -3.53. The van der Waals surface area contributed by atoms with Gasteiger partial charge in [-0.1, -0.05) is 26.0 Å². The summed E-state index contributed by atoms with van der Waals surface area (Å²) in [6.45, 7) is 5.55. The average molecular weight is 404 g/mol. The zero-order chi connectivity index (χ0) is 20.7. The topological polar surface area (TPSA) is 92.8 Å². The zero-order valence-corrected chi connectivity index (χ0v) is 17.0. The minimum absolute atomic E-state index is 0.0906. The summed E-state index contributed by atoms with van der Waals surface area (Å²) in [6, 6.07) is 12.6. The van der Waals surface area contributed by atoms with Crippen LogP contribution in [-0.2, 0) is 14.8 Å². The van der Waals surface area contributed by atoms with Crippen molar-refractivity contribution in [3.8, 4) is 5.75 Å². The van der Waals surface area contributed by atoms with Crippen LogP contribution in [-0.4, -0.2) is 44.1 Å². The number of hydrogen-bond acceptors (Lipinski definition) is 5. The van der Waals surface area contributed by atoms with Crippen LogP contribution in [0.2, 0.25) is 0 Å². The largest absolute Gasteiger partial charge is 0.484 e. The molecule has 1 amide bonds. The number of anilines is 1. The molecule has 0 bridgehead atoms. The molecule has 0 fully saturated rings. The van der Waals surface area contributed by atoms with E-state index >= 15 is 0 Å². The van der Waals surface area contributed by atoms with Crippen molar-refractivity contribution in [2.24, 2.45) is 0 Å². The second kappa shape index (κ2) is 9.48. The first kappa shape index (κ1) is 21.6. The lowest BCUT2D eigenvalue weighted by atomic mass is 10.1. The maximum atomic E-state index is 12.4. The van der Waals surface area contributed by atoms with Crippen LogP contribution in [0.15, 0.2) is 53.4 Å². The molecule has 0 atom stereocenters. The Labute approximate surface area is 165 Å². The highest BCUT2D eigenvalue weighted by atomic mass is 32.2. The summed E-state index contributed by atoms with van der Waals surface area (Å²) in [4.78, 5) is 23.6. The number of nitrogens with zero attached hydrogens (tertiary/aromatic N) is 1. The van der Waals surface area contributed by atoms with E-state index in [2.05, 4.69) is 5.32 Å². The van der Waals surface area contributed by atoms with Crippen LogP contribution in [0.3, 0.4) is 0 Å². The Morgan fingerprint density at radius 2 is 1.68 bits per heavy atom. The lowest BCUT2D eigenvalue weighted by Gasteiger charge is -2.18. The normalized spacial score (nSPS) is 11.3. The van der Waals surface area contributed by atoms with Crippen LogP contribution in [0.1, 0.15) is 31.1 Å². The molecule has 7 nitrogen and oxygen atoms in total. The van der Waals surface area contributed by atoms with Gasteiger partial charge in [-0.25, -0.2) is 8.42 Å². The molecule has 0 aromatic heterocycles. The fourth-order valence-electron chi connectivity index (χ4n) is 2.58. The molecular weight excluding hydrogens is 380 g/mol. The summed E-state index contributed by atoms with van der Waals surface area (Å²) in [5.41, 5.74) is 1.01. The zero-order valence-electron chi connectivity index (χ0n) is 16.1. The minimum atomic E-state index is -3.53. The molecule has 0 unspecified atom stereocenters. The first-order valence-electron chi connectivity index (χ1n) is 8.91. The van der Waals surface area contributed by atoms with Crippen molar-refractivity contribution in [2.75, 3.05) is 25.0 Å². The van der Waals surface area contributed by atoms with Crippen LogP contribution in [0.25, 0.3) is 0 Å². The summed E-state index contributed by atoms with van der Waals surface area (Å²) >= 11 is 0. The van der Waals surface area contributed by atoms with Crippen LogP contribution in [0.4, 0.5) is 5.69 Å². The molecule has 0 spiro atoms. The Bertz CT molecular complexity index is 935. The van der Waals surface area contributed by atoms with Crippen LogP contribution in [0, 0.1) is 0 Å². The van der Waals surface area contributed by atoms with E-state index in [0.717, 1.165) is 0 Å². The van der Waals surface area contributed by atoms with Gasteiger partial charge in [0.15, 0.2) is 12.4 Å². The number of ketones is 1. The second-order valence-electron chi connectivity index (χ2n) is 6.03. The van der Waals surface area contributed by atoms with E-state index in [1.54, 1.807) is 38.1 Å². The monoisotopic (exact) mass is 404 g/mol. The highest BCUT2D eigenvalue weighted by Gasteiger charge is 2.21. The molecule has 0 aliphatic rings. The molecule has 0 saturated heterocycles. The molecule has 2 aromatic carbocycles. The van der Waals surface area contributed by atoms with Crippen molar-refractivity contribution in [3.05, 3.63) is 54.1 Å². The lowest BCUT2D eigenvalue weighted by Crippen LogP contribution is -2.30. The van der Waals surface area contributed by atoms with Crippen molar-refractivity contribution in [3.63, 3.8) is 0 Å². The molecule has 0 heterocycles. The molecule has 2 rings (SSSR count). The van der Waals surface area contributed by atoms with E-state index in [1.807, 2.05) is 0 Å². The number of carbonyl (C=O) groups is 2. The molecule has 150 valence electrons. The van der Waals surface area contributed by atoms with E-state index in [4.69, 9.17) is 4.74 Å². The van der Waals surface area contributed by atoms with Gasteiger partial charge in [0, 0.05) is 24.3 Å². The standard InChI is InChI=1S/C20H24N2O5S/c1-4-22(5-2)28(25,26)19-11-9-18(10-12-19)27-14-20(24)21-17-8-6-7-16(13-17)15(3)23/h6-13H,4-5,14H2,1-3H3,(H,21,24). The van der Waals surface area contributed by atoms with Gasteiger partial charge in [-0.05, 0) is 43.3 Å². The van der Waals surface area contributed by atoms with Crippen molar-refractivity contribution in [2.45, 2.75) is 25.7 Å². The molecule has 0 radical (unpaired) electrons. The third-order valence-electron chi connectivity index (χ3n) is 4.09. The Morgan fingerprint density at radius 1 is 1.04 bits per heavy atom. The van der Waals surface area contributed by atoms with Crippen LogP contribution < -0.4 is 10.1 Å². The fourth-order valence-corrected chi connectivity index (χ4v) is 4.04. The quantitative estimate of drug-likeness (QED) is 0.649. The van der Waals surface area contributed by atoms with E-state index in [9.17, 15) is 18.0 Å². The Kier molecular flexibility index (Phi) is 7.31. The summed E-state index contributed by atoms with van der Waals surface area (Å²) in [6.07, 6.45) is 0. The molecule has 0 aliphatic carbocycles. The number of ether oxygens (including phenoxy) is 1. The maximum Gasteiger partial charge on any atom is 0.262 e. The third-order valence-corrected chi connectivity index (χ3v) is 6.15. The van der Waals surface area contributed by atoms with Gasteiger partial charge in [0.2, 0.25) is 10.0 Å². The number of sulfonamides is 1. The molecule has 2 aromatic rings. The SMILES string of the molecule is CCN(CC)S(=O)(=O)c1ccc(OCC(=O)Nc2cccc(C(C)=O)c2)cc1. The molecule has 8 heteroatoms. The fraction of sp³-hybridized carbons (Fsp3) is 0.300. The number of rotatable bonds is 9. The van der Waals surface area contributed by atoms with Crippen molar-refractivity contribution < 1.29 is 22.7 Å². The Balaban J connectivity index is 1.97. The second-order valence-corrected chi connectivity index (χ2v) is 7.97. The molecular formula is C20H24N2O5S. The van der Waals surface area contributed by atoms with E-state index in [1.165, 1.54) is 35.5 Å². The first-order valence-corrected chi connectivity index (χ1v) is 10.4. The predicted octanol–water partition coefficient (Wildman–Crippen LogP) is 2.94. The van der Waals surface area contributed by atoms with Gasteiger partial charge in [-0.15, -0.1) is 0 Å². The molecule has 0 aliphatic heterocycles. The van der Waals surface area contributed by atoms with Gasteiger partial charge in [0.25, 0.3) is 5.91 Å². The van der Waals surface area contributed by atoms with E-state index in [0.29, 0.717) is 30.1 Å². The Hall–Kier alpha value is -2.71. The van der Waals surface area contributed by atoms with Crippen LogP contribution >= 0.6 is 0 Å². The first-order chi connectivity index (χ1) is 13.3.